The van der Waals surface area contributed by atoms with Gasteiger partial charge >= 0.3 is 5.97 Å². The molecule has 0 saturated carbocycles. The van der Waals surface area contributed by atoms with Crippen molar-refractivity contribution in [3.63, 3.8) is 0 Å². The fourth-order valence-electron chi connectivity index (χ4n) is 2.88. The number of benzene rings is 1. The molecule has 5 nitrogen and oxygen atoms in total. The molecule has 0 bridgehead atoms. The van der Waals surface area contributed by atoms with Gasteiger partial charge in [0.25, 0.3) is 0 Å². The molecule has 0 fully saturated rings. The van der Waals surface area contributed by atoms with Crippen LogP contribution in [0.15, 0.2) is 42.6 Å². The number of para-hydroxylation sites is 1. The van der Waals surface area contributed by atoms with E-state index >= 15 is 0 Å². The second-order valence-electron chi connectivity index (χ2n) is 5.53. The number of nitriles is 1. The average molecular weight is 322 g/mol. The summed E-state index contributed by atoms with van der Waals surface area (Å²) in [5.41, 5.74) is 2.17. The lowest BCUT2D eigenvalue weighted by atomic mass is 10.1. The Bertz CT molecular complexity index is 937. The smallest absolute Gasteiger partial charge is 0.340 e. The highest BCUT2D eigenvalue weighted by atomic mass is 16.5. The molecule has 3 aromatic rings. The summed E-state index contributed by atoms with van der Waals surface area (Å²) < 4.78 is 12.6. The van der Waals surface area contributed by atoms with E-state index in [1.807, 2.05) is 47.9 Å². The molecule has 5 heteroatoms. The Hall–Kier alpha value is -3.00. The van der Waals surface area contributed by atoms with E-state index in [0.29, 0.717) is 17.7 Å². The first-order valence-electron chi connectivity index (χ1n) is 7.87. The number of ether oxygens (including phenoxy) is 2. The molecular weight excluding hydrogens is 304 g/mol. The van der Waals surface area contributed by atoms with E-state index in [9.17, 15) is 4.79 Å². The SMILES string of the molecule is CCCC(C#N)Oc1ccc2c(C(=O)OC)c3ccccc3n2c1. The standard InChI is InChI=1S/C19H18N2O3/c1-3-6-13(11-20)24-14-9-10-17-18(19(22)23-2)15-7-4-5-8-16(15)21(17)12-14/h4-5,7-10,12-13H,3,6H2,1-2H3. The van der Waals surface area contributed by atoms with Gasteiger partial charge in [-0.3, -0.25) is 0 Å². The molecule has 1 aromatic carbocycles. The lowest BCUT2D eigenvalue weighted by Gasteiger charge is -2.12. The number of carbonyl (C=O) groups is 1. The topological polar surface area (TPSA) is 63.7 Å². The molecule has 122 valence electrons. The van der Waals surface area contributed by atoms with Gasteiger partial charge in [0.1, 0.15) is 11.8 Å². The molecule has 0 aliphatic rings. The van der Waals surface area contributed by atoms with Gasteiger partial charge in [0.2, 0.25) is 0 Å². The molecule has 0 aliphatic carbocycles. The summed E-state index contributed by atoms with van der Waals surface area (Å²) in [5.74, 6) is 0.225. The maximum Gasteiger partial charge on any atom is 0.340 e. The predicted octanol–water partition coefficient (Wildman–Crippen LogP) is 3.95. The molecule has 0 radical (unpaired) electrons. The number of rotatable bonds is 5. The zero-order valence-corrected chi connectivity index (χ0v) is 13.7. The molecule has 0 spiro atoms. The molecule has 24 heavy (non-hydrogen) atoms. The van der Waals surface area contributed by atoms with Gasteiger partial charge in [-0.15, -0.1) is 0 Å². The number of fused-ring (bicyclic) bond motifs is 3. The van der Waals surface area contributed by atoms with Crippen LogP contribution in [0.1, 0.15) is 30.1 Å². The van der Waals surface area contributed by atoms with Crippen LogP contribution in [-0.2, 0) is 4.74 Å². The molecule has 1 atom stereocenters. The number of nitrogens with zero attached hydrogens (tertiary/aromatic N) is 2. The number of carbonyl (C=O) groups excluding carboxylic acids is 1. The Morgan fingerprint density at radius 2 is 2.04 bits per heavy atom. The van der Waals surface area contributed by atoms with Gasteiger partial charge < -0.3 is 13.9 Å². The van der Waals surface area contributed by atoms with E-state index < -0.39 is 6.10 Å². The average Bonchev–Trinajstić information content (AvgIpc) is 2.94. The largest absolute Gasteiger partial charge is 0.474 e. The first-order valence-corrected chi connectivity index (χ1v) is 7.87. The minimum Gasteiger partial charge on any atom is -0.474 e. The number of methoxy groups -OCH3 is 1. The third-order valence-electron chi connectivity index (χ3n) is 3.97. The lowest BCUT2D eigenvalue weighted by Crippen LogP contribution is -2.13. The molecule has 2 aromatic heterocycles. The molecule has 0 N–H and O–H groups in total. The lowest BCUT2D eigenvalue weighted by molar-refractivity contribution is 0.0605. The maximum absolute atomic E-state index is 12.2. The monoisotopic (exact) mass is 322 g/mol. The van der Waals surface area contributed by atoms with Gasteiger partial charge in [-0.2, -0.15) is 5.26 Å². The van der Waals surface area contributed by atoms with Gasteiger partial charge in [0.05, 0.1) is 29.9 Å². The van der Waals surface area contributed by atoms with Crippen LogP contribution >= 0.6 is 0 Å². The summed E-state index contributed by atoms with van der Waals surface area (Å²) in [6.07, 6.45) is 2.88. The van der Waals surface area contributed by atoms with Gasteiger partial charge in [0.15, 0.2) is 6.10 Å². The van der Waals surface area contributed by atoms with Crippen LogP contribution in [0.4, 0.5) is 0 Å². The van der Waals surface area contributed by atoms with Crippen molar-refractivity contribution in [2.75, 3.05) is 7.11 Å². The minimum absolute atomic E-state index is 0.372. The van der Waals surface area contributed by atoms with Gasteiger partial charge in [-0.05, 0) is 24.6 Å². The quantitative estimate of drug-likeness (QED) is 0.667. The minimum atomic E-state index is -0.477. The fourth-order valence-corrected chi connectivity index (χ4v) is 2.88. The van der Waals surface area contributed by atoms with Crippen LogP contribution in [0.5, 0.6) is 5.75 Å². The van der Waals surface area contributed by atoms with Crippen LogP contribution in [0.25, 0.3) is 16.4 Å². The number of hydrogen-bond acceptors (Lipinski definition) is 4. The van der Waals surface area contributed by atoms with E-state index in [1.54, 1.807) is 6.07 Å². The summed E-state index contributed by atoms with van der Waals surface area (Å²) in [6, 6.07) is 13.4. The normalized spacial score (nSPS) is 12.0. The number of hydrogen-bond donors (Lipinski definition) is 0. The highest BCUT2D eigenvalue weighted by Gasteiger charge is 2.19. The third-order valence-corrected chi connectivity index (χ3v) is 3.97. The van der Waals surface area contributed by atoms with Crippen molar-refractivity contribution in [2.45, 2.75) is 25.9 Å². The van der Waals surface area contributed by atoms with Crippen LogP contribution in [0, 0.1) is 11.3 Å². The van der Waals surface area contributed by atoms with E-state index in [0.717, 1.165) is 22.8 Å². The van der Waals surface area contributed by atoms with Crippen molar-refractivity contribution in [1.29, 1.82) is 5.26 Å². The zero-order chi connectivity index (χ0) is 17.1. The summed E-state index contributed by atoms with van der Waals surface area (Å²) in [5, 5.41) is 10.00. The highest BCUT2D eigenvalue weighted by molar-refractivity contribution is 6.11. The van der Waals surface area contributed by atoms with Crippen molar-refractivity contribution in [2.24, 2.45) is 0 Å². The fraction of sp³-hybridized carbons (Fsp3) is 0.263. The summed E-state index contributed by atoms with van der Waals surface area (Å²) in [4.78, 5) is 12.2. The second-order valence-corrected chi connectivity index (χ2v) is 5.53. The molecular formula is C19H18N2O3. The van der Waals surface area contributed by atoms with Crippen LogP contribution in [0.3, 0.4) is 0 Å². The molecule has 0 amide bonds. The van der Waals surface area contributed by atoms with Crippen molar-refractivity contribution in [3.05, 3.63) is 48.2 Å². The summed E-state index contributed by atoms with van der Waals surface area (Å²) in [7, 11) is 1.38. The van der Waals surface area contributed by atoms with Crippen LogP contribution < -0.4 is 4.74 Å². The van der Waals surface area contributed by atoms with Crippen molar-refractivity contribution >= 4 is 22.4 Å². The van der Waals surface area contributed by atoms with E-state index in [1.165, 1.54) is 7.11 Å². The number of aromatic nitrogens is 1. The van der Waals surface area contributed by atoms with E-state index in [2.05, 4.69) is 6.07 Å². The first kappa shape index (κ1) is 15.9. The Kier molecular flexibility index (Phi) is 4.39. The number of esters is 1. The Morgan fingerprint density at radius 3 is 2.75 bits per heavy atom. The Morgan fingerprint density at radius 1 is 1.25 bits per heavy atom. The maximum atomic E-state index is 12.2. The Balaban J connectivity index is 2.15. The van der Waals surface area contributed by atoms with Crippen molar-refractivity contribution in [1.82, 2.24) is 4.40 Å². The molecule has 1 unspecified atom stereocenters. The van der Waals surface area contributed by atoms with Crippen LogP contribution in [-0.4, -0.2) is 23.6 Å². The molecule has 2 heterocycles. The van der Waals surface area contributed by atoms with Crippen LogP contribution in [0.2, 0.25) is 0 Å². The zero-order valence-electron chi connectivity index (χ0n) is 13.7. The summed E-state index contributed by atoms with van der Waals surface area (Å²) >= 11 is 0. The van der Waals surface area contributed by atoms with Crippen molar-refractivity contribution < 1.29 is 14.3 Å². The van der Waals surface area contributed by atoms with Gasteiger partial charge in [-0.1, -0.05) is 31.5 Å². The van der Waals surface area contributed by atoms with Gasteiger partial charge in [0, 0.05) is 5.39 Å². The molecule has 0 aliphatic heterocycles. The third kappa shape index (κ3) is 2.67. The van der Waals surface area contributed by atoms with Gasteiger partial charge in [-0.25, -0.2) is 4.79 Å². The second kappa shape index (κ2) is 6.63. The van der Waals surface area contributed by atoms with E-state index in [-0.39, 0.29) is 5.97 Å². The number of pyridine rings is 1. The predicted molar refractivity (Wildman–Crippen MR) is 91.2 cm³/mol. The highest BCUT2D eigenvalue weighted by Crippen LogP contribution is 2.29. The molecule has 3 rings (SSSR count). The summed E-state index contributed by atoms with van der Waals surface area (Å²) in [6.45, 7) is 2.01. The van der Waals surface area contributed by atoms with E-state index in [4.69, 9.17) is 14.7 Å². The first-order chi connectivity index (χ1) is 11.7. The molecule has 0 saturated heterocycles. The Labute approximate surface area is 140 Å². The van der Waals surface area contributed by atoms with Crippen molar-refractivity contribution in [3.8, 4) is 11.8 Å².